The Kier molecular flexibility index (Phi) is 7.52. The maximum Gasteiger partial charge on any atom is 0.303 e. The normalized spacial score (nSPS) is 25.9. The number of nitrogens with zero attached hydrogens (tertiary/aromatic N) is 1. The van der Waals surface area contributed by atoms with Gasteiger partial charge in [0.2, 0.25) is 5.91 Å². The largest absolute Gasteiger partial charge is 0.481 e. The molecule has 2 heterocycles. The molecular weight excluding hydrogens is 302 g/mol. The Balaban J connectivity index is 1.64. The number of likely N-dealkylation sites (tertiary alicyclic amines) is 1. The third kappa shape index (κ3) is 6.16. The van der Waals surface area contributed by atoms with Crippen LogP contribution in [0.5, 0.6) is 0 Å². The van der Waals surface area contributed by atoms with Gasteiger partial charge in [-0.3, -0.25) is 9.59 Å². The van der Waals surface area contributed by atoms with Crippen molar-refractivity contribution >= 4 is 23.6 Å². The number of amides is 1. The molecule has 6 heteroatoms. The Labute approximate surface area is 136 Å². The molecule has 0 spiro atoms. The number of aliphatic carboxylic acids is 1. The Hall–Kier alpha value is -0.750. The molecule has 5 nitrogen and oxygen atoms in total. The van der Waals surface area contributed by atoms with E-state index in [-0.39, 0.29) is 12.3 Å². The second kappa shape index (κ2) is 9.40. The highest BCUT2D eigenvalue weighted by molar-refractivity contribution is 7.99. The van der Waals surface area contributed by atoms with E-state index in [0.29, 0.717) is 24.2 Å². The molecule has 0 radical (unpaired) electrons. The zero-order valence-electron chi connectivity index (χ0n) is 13.2. The van der Waals surface area contributed by atoms with E-state index in [1.807, 2.05) is 4.90 Å². The van der Waals surface area contributed by atoms with Crippen molar-refractivity contribution in [2.45, 2.75) is 51.0 Å². The summed E-state index contributed by atoms with van der Waals surface area (Å²) >= 11 is 1.67. The van der Waals surface area contributed by atoms with Gasteiger partial charge in [0.15, 0.2) is 0 Å². The number of ether oxygens (including phenoxy) is 1. The summed E-state index contributed by atoms with van der Waals surface area (Å²) in [5.74, 6) is 1.22. The van der Waals surface area contributed by atoms with Crippen LogP contribution < -0.4 is 0 Å². The van der Waals surface area contributed by atoms with Gasteiger partial charge in [0.05, 0.1) is 11.9 Å². The van der Waals surface area contributed by atoms with Crippen LogP contribution in [0.2, 0.25) is 0 Å². The standard InChI is InChI=1S/C16H27NO4S/c18-15(12-22-11-14-5-1-2-9-21-14)17-8-3-4-13(10-17)6-7-16(19)20/h13-14H,1-12H2,(H,19,20). The first-order valence-corrected chi connectivity index (χ1v) is 9.49. The molecule has 2 aliphatic rings. The molecule has 2 aliphatic heterocycles. The van der Waals surface area contributed by atoms with Gasteiger partial charge < -0.3 is 14.7 Å². The molecule has 2 atom stereocenters. The van der Waals surface area contributed by atoms with E-state index in [1.54, 1.807) is 11.8 Å². The van der Waals surface area contributed by atoms with Crippen LogP contribution in [0.1, 0.15) is 44.9 Å². The SMILES string of the molecule is O=C(O)CCC1CCCN(C(=O)CSCC2CCCCO2)C1. The highest BCUT2D eigenvalue weighted by Crippen LogP contribution is 2.22. The van der Waals surface area contributed by atoms with Crippen LogP contribution in [0.4, 0.5) is 0 Å². The quantitative estimate of drug-likeness (QED) is 0.777. The van der Waals surface area contributed by atoms with Crippen LogP contribution in [0.25, 0.3) is 0 Å². The van der Waals surface area contributed by atoms with Gasteiger partial charge in [-0.25, -0.2) is 0 Å². The van der Waals surface area contributed by atoms with Crippen molar-refractivity contribution in [3.8, 4) is 0 Å². The Morgan fingerprint density at radius 1 is 1.23 bits per heavy atom. The van der Waals surface area contributed by atoms with E-state index in [9.17, 15) is 9.59 Å². The van der Waals surface area contributed by atoms with Crippen molar-refractivity contribution < 1.29 is 19.4 Å². The predicted octanol–water partition coefficient (Wildman–Crippen LogP) is 2.39. The number of carboxylic acids is 1. The first-order chi connectivity index (χ1) is 10.6. The van der Waals surface area contributed by atoms with E-state index in [4.69, 9.17) is 9.84 Å². The lowest BCUT2D eigenvalue weighted by molar-refractivity contribution is -0.137. The average molecular weight is 329 g/mol. The number of carbonyl (C=O) groups excluding carboxylic acids is 1. The fraction of sp³-hybridized carbons (Fsp3) is 0.875. The lowest BCUT2D eigenvalue weighted by Crippen LogP contribution is -2.41. The molecule has 1 amide bonds. The smallest absolute Gasteiger partial charge is 0.303 e. The summed E-state index contributed by atoms with van der Waals surface area (Å²) in [6, 6.07) is 0. The van der Waals surface area contributed by atoms with Crippen molar-refractivity contribution in [3.05, 3.63) is 0 Å². The van der Waals surface area contributed by atoms with E-state index < -0.39 is 5.97 Å². The molecule has 0 bridgehead atoms. The fourth-order valence-corrected chi connectivity index (χ4v) is 4.16. The summed E-state index contributed by atoms with van der Waals surface area (Å²) < 4.78 is 5.68. The van der Waals surface area contributed by atoms with Gasteiger partial charge in [-0.05, 0) is 44.4 Å². The van der Waals surface area contributed by atoms with Crippen LogP contribution >= 0.6 is 11.8 Å². The summed E-state index contributed by atoms with van der Waals surface area (Å²) in [7, 11) is 0. The molecule has 0 saturated carbocycles. The van der Waals surface area contributed by atoms with Gasteiger partial charge in [-0.1, -0.05) is 0 Å². The second-order valence-electron chi connectivity index (χ2n) is 6.28. The van der Waals surface area contributed by atoms with Gasteiger partial charge in [0, 0.05) is 31.9 Å². The molecule has 22 heavy (non-hydrogen) atoms. The third-order valence-corrected chi connectivity index (χ3v) is 5.50. The Morgan fingerprint density at radius 3 is 2.82 bits per heavy atom. The number of carboxylic acid groups (broad SMARTS) is 1. The monoisotopic (exact) mass is 329 g/mol. The van der Waals surface area contributed by atoms with E-state index >= 15 is 0 Å². The van der Waals surface area contributed by atoms with Crippen LogP contribution in [-0.4, -0.2) is 59.2 Å². The number of piperidine rings is 1. The van der Waals surface area contributed by atoms with Gasteiger partial charge in [-0.2, -0.15) is 0 Å². The van der Waals surface area contributed by atoms with Crippen molar-refractivity contribution in [1.29, 1.82) is 0 Å². The summed E-state index contributed by atoms with van der Waals surface area (Å²) in [5, 5.41) is 8.76. The molecule has 0 aromatic rings. The topological polar surface area (TPSA) is 66.8 Å². The number of hydrogen-bond acceptors (Lipinski definition) is 4. The minimum atomic E-state index is -0.744. The Bertz CT molecular complexity index is 371. The van der Waals surface area contributed by atoms with Gasteiger partial charge in [0.1, 0.15) is 0 Å². The molecule has 2 unspecified atom stereocenters. The number of rotatable bonds is 7. The number of thioether (sulfide) groups is 1. The lowest BCUT2D eigenvalue weighted by atomic mass is 9.93. The molecule has 1 N–H and O–H groups in total. The average Bonchev–Trinajstić information content (AvgIpc) is 2.54. The minimum Gasteiger partial charge on any atom is -0.481 e. The van der Waals surface area contributed by atoms with E-state index in [1.165, 1.54) is 6.42 Å². The molecule has 2 fully saturated rings. The van der Waals surface area contributed by atoms with Crippen LogP contribution in [0, 0.1) is 5.92 Å². The maximum atomic E-state index is 12.3. The second-order valence-corrected chi connectivity index (χ2v) is 7.31. The summed E-state index contributed by atoms with van der Waals surface area (Å²) in [4.78, 5) is 24.8. The zero-order chi connectivity index (χ0) is 15.8. The number of carbonyl (C=O) groups is 2. The Morgan fingerprint density at radius 2 is 2.09 bits per heavy atom. The molecule has 2 saturated heterocycles. The number of hydrogen-bond donors (Lipinski definition) is 1. The van der Waals surface area contributed by atoms with Crippen LogP contribution in [0.15, 0.2) is 0 Å². The maximum absolute atomic E-state index is 12.3. The molecule has 0 aromatic heterocycles. The van der Waals surface area contributed by atoms with Gasteiger partial charge in [0.25, 0.3) is 0 Å². The van der Waals surface area contributed by atoms with Crippen molar-refractivity contribution in [2.75, 3.05) is 31.2 Å². The molecule has 126 valence electrons. The molecule has 0 aromatic carbocycles. The zero-order valence-corrected chi connectivity index (χ0v) is 14.0. The highest BCUT2D eigenvalue weighted by Gasteiger charge is 2.24. The van der Waals surface area contributed by atoms with E-state index in [0.717, 1.165) is 51.1 Å². The third-order valence-electron chi connectivity index (χ3n) is 4.44. The van der Waals surface area contributed by atoms with Crippen molar-refractivity contribution in [1.82, 2.24) is 4.90 Å². The predicted molar refractivity (Wildman–Crippen MR) is 87.1 cm³/mol. The summed E-state index contributed by atoms with van der Waals surface area (Å²) in [6.07, 6.45) is 6.75. The molecule has 2 rings (SSSR count). The van der Waals surface area contributed by atoms with Crippen LogP contribution in [-0.2, 0) is 14.3 Å². The molecule has 0 aliphatic carbocycles. The minimum absolute atomic E-state index is 0.195. The fourth-order valence-electron chi connectivity index (χ4n) is 3.16. The highest BCUT2D eigenvalue weighted by atomic mass is 32.2. The van der Waals surface area contributed by atoms with Crippen molar-refractivity contribution in [2.24, 2.45) is 5.92 Å². The summed E-state index contributed by atoms with van der Waals surface area (Å²) in [6.45, 7) is 2.41. The summed E-state index contributed by atoms with van der Waals surface area (Å²) in [5.41, 5.74) is 0. The van der Waals surface area contributed by atoms with Crippen LogP contribution in [0.3, 0.4) is 0 Å². The van der Waals surface area contributed by atoms with Crippen molar-refractivity contribution in [3.63, 3.8) is 0 Å². The first kappa shape index (κ1) is 17.6. The van der Waals surface area contributed by atoms with Gasteiger partial charge >= 0.3 is 5.97 Å². The molecular formula is C16H27NO4S. The van der Waals surface area contributed by atoms with E-state index in [2.05, 4.69) is 0 Å². The van der Waals surface area contributed by atoms with Gasteiger partial charge in [-0.15, -0.1) is 11.8 Å². The first-order valence-electron chi connectivity index (χ1n) is 8.34. The lowest BCUT2D eigenvalue weighted by Gasteiger charge is -2.32.